The Morgan fingerprint density at radius 2 is 1.94 bits per heavy atom. The van der Waals surface area contributed by atoms with Gasteiger partial charge in [-0.2, -0.15) is 0 Å². The fraction of sp³-hybridized carbons (Fsp3) is 0.615. The summed E-state index contributed by atoms with van der Waals surface area (Å²) in [5.74, 6) is 0. The predicted molar refractivity (Wildman–Crippen MR) is 67.6 cm³/mol. The van der Waals surface area contributed by atoms with Crippen molar-refractivity contribution in [1.82, 2.24) is 4.98 Å². The van der Waals surface area contributed by atoms with Gasteiger partial charge in [-0.05, 0) is 31.9 Å². The summed E-state index contributed by atoms with van der Waals surface area (Å²) in [6, 6.07) is 4.46. The summed E-state index contributed by atoms with van der Waals surface area (Å²) in [6.07, 6.45) is 3.60. The molecule has 0 spiro atoms. The van der Waals surface area contributed by atoms with E-state index in [-0.39, 0.29) is 0 Å². The van der Waals surface area contributed by atoms with Crippen molar-refractivity contribution in [2.45, 2.75) is 45.8 Å². The molecular formula is C13H22N2O. The zero-order chi connectivity index (χ0) is 12.1. The third-order valence-corrected chi connectivity index (χ3v) is 3.10. The van der Waals surface area contributed by atoms with E-state index in [4.69, 9.17) is 0 Å². The first-order chi connectivity index (χ1) is 7.60. The highest BCUT2D eigenvalue weighted by atomic mass is 16.3. The number of pyridine rings is 1. The monoisotopic (exact) mass is 222 g/mol. The molecule has 0 amide bonds. The lowest BCUT2D eigenvalue weighted by Crippen LogP contribution is -2.30. The fourth-order valence-electron chi connectivity index (χ4n) is 1.90. The van der Waals surface area contributed by atoms with Crippen LogP contribution in [0.2, 0.25) is 0 Å². The van der Waals surface area contributed by atoms with Gasteiger partial charge in [-0.3, -0.25) is 4.98 Å². The Kier molecular flexibility index (Phi) is 4.74. The van der Waals surface area contributed by atoms with Gasteiger partial charge in [-0.15, -0.1) is 0 Å². The molecule has 0 aliphatic rings. The lowest BCUT2D eigenvalue weighted by Gasteiger charge is -2.28. The van der Waals surface area contributed by atoms with Crippen LogP contribution in [0.5, 0.6) is 0 Å². The van der Waals surface area contributed by atoms with Crippen LogP contribution in [0, 0.1) is 0 Å². The number of aromatic nitrogens is 1. The van der Waals surface area contributed by atoms with Crippen LogP contribution >= 0.6 is 0 Å². The molecule has 0 bridgehead atoms. The van der Waals surface area contributed by atoms with Gasteiger partial charge in [0.25, 0.3) is 0 Å². The fourth-order valence-corrected chi connectivity index (χ4v) is 1.90. The summed E-state index contributed by atoms with van der Waals surface area (Å²) < 4.78 is 0. The molecule has 1 aromatic rings. The Morgan fingerprint density at radius 1 is 1.31 bits per heavy atom. The van der Waals surface area contributed by atoms with Gasteiger partial charge < -0.3 is 10.0 Å². The lowest BCUT2D eigenvalue weighted by atomic mass is 10.1. The minimum atomic E-state index is -0.493. The van der Waals surface area contributed by atoms with Gasteiger partial charge >= 0.3 is 0 Å². The van der Waals surface area contributed by atoms with Gasteiger partial charge in [0.15, 0.2) is 0 Å². The first kappa shape index (κ1) is 13.0. The highest BCUT2D eigenvalue weighted by Crippen LogP contribution is 2.19. The molecule has 0 saturated heterocycles. The van der Waals surface area contributed by atoms with E-state index in [1.54, 1.807) is 6.92 Å². The average molecular weight is 222 g/mol. The first-order valence-corrected chi connectivity index (χ1v) is 5.97. The quantitative estimate of drug-likeness (QED) is 0.832. The van der Waals surface area contributed by atoms with Gasteiger partial charge in [0, 0.05) is 13.1 Å². The topological polar surface area (TPSA) is 36.4 Å². The van der Waals surface area contributed by atoms with Crippen molar-refractivity contribution in [3.63, 3.8) is 0 Å². The average Bonchev–Trinajstić information content (AvgIpc) is 2.30. The number of aliphatic hydroxyl groups excluding tert-OH is 1. The van der Waals surface area contributed by atoms with Crippen LogP contribution in [0.1, 0.15) is 45.4 Å². The Balaban J connectivity index is 2.80. The van der Waals surface area contributed by atoms with Crippen LogP contribution in [-0.4, -0.2) is 23.2 Å². The van der Waals surface area contributed by atoms with E-state index < -0.39 is 6.10 Å². The molecule has 16 heavy (non-hydrogen) atoms. The molecule has 0 radical (unpaired) electrons. The minimum absolute atomic E-state index is 0.493. The van der Waals surface area contributed by atoms with E-state index >= 15 is 0 Å². The number of hydrogen-bond acceptors (Lipinski definition) is 3. The molecule has 1 aromatic heterocycles. The predicted octanol–water partition coefficient (Wildman–Crippen LogP) is 2.76. The van der Waals surface area contributed by atoms with Crippen LogP contribution < -0.4 is 4.90 Å². The molecule has 90 valence electrons. The third-order valence-electron chi connectivity index (χ3n) is 3.10. The summed E-state index contributed by atoms with van der Waals surface area (Å²) in [5, 5.41) is 9.38. The van der Waals surface area contributed by atoms with E-state index in [1.165, 1.54) is 0 Å². The summed E-state index contributed by atoms with van der Waals surface area (Å²) in [4.78, 5) is 6.51. The van der Waals surface area contributed by atoms with Crippen molar-refractivity contribution in [3.05, 3.63) is 24.0 Å². The molecule has 0 saturated carbocycles. The number of rotatable bonds is 5. The lowest BCUT2D eigenvalue weighted by molar-refractivity contribution is 0.194. The van der Waals surface area contributed by atoms with E-state index in [2.05, 4.69) is 30.8 Å². The van der Waals surface area contributed by atoms with E-state index in [1.807, 2.05) is 18.3 Å². The standard InChI is InChI=1S/C13H22N2O/c1-5-11(6-2)15(4)12-7-8-13(10(3)16)14-9-12/h7-11,16H,5-6H2,1-4H3/t10-/m0/s1. The van der Waals surface area contributed by atoms with E-state index in [0.29, 0.717) is 6.04 Å². The molecule has 0 fully saturated rings. The molecule has 0 aliphatic heterocycles. The van der Waals surface area contributed by atoms with Crippen molar-refractivity contribution >= 4 is 5.69 Å². The maximum absolute atomic E-state index is 9.38. The number of hydrogen-bond donors (Lipinski definition) is 1. The van der Waals surface area contributed by atoms with Crippen molar-refractivity contribution in [1.29, 1.82) is 0 Å². The Hall–Kier alpha value is -1.09. The maximum atomic E-state index is 9.38. The molecule has 1 rings (SSSR count). The largest absolute Gasteiger partial charge is 0.387 e. The second kappa shape index (κ2) is 5.85. The summed E-state index contributed by atoms with van der Waals surface area (Å²) in [6.45, 7) is 6.12. The highest BCUT2D eigenvalue weighted by molar-refractivity contribution is 5.44. The molecule has 3 nitrogen and oxygen atoms in total. The zero-order valence-corrected chi connectivity index (χ0v) is 10.6. The summed E-state index contributed by atoms with van der Waals surface area (Å²) in [5.41, 5.74) is 1.83. The van der Waals surface area contributed by atoms with Crippen molar-refractivity contribution < 1.29 is 5.11 Å². The summed E-state index contributed by atoms with van der Waals surface area (Å²) >= 11 is 0. The second-order valence-electron chi connectivity index (χ2n) is 4.20. The van der Waals surface area contributed by atoms with Gasteiger partial charge in [0.2, 0.25) is 0 Å². The number of aliphatic hydroxyl groups is 1. The highest BCUT2D eigenvalue weighted by Gasteiger charge is 2.11. The number of nitrogens with zero attached hydrogens (tertiary/aromatic N) is 2. The molecule has 1 heterocycles. The van der Waals surface area contributed by atoms with Crippen LogP contribution in [0.15, 0.2) is 18.3 Å². The molecule has 0 unspecified atom stereocenters. The van der Waals surface area contributed by atoms with E-state index in [0.717, 1.165) is 24.2 Å². The number of anilines is 1. The molecule has 1 atom stereocenters. The van der Waals surface area contributed by atoms with Gasteiger partial charge in [-0.1, -0.05) is 13.8 Å². The van der Waals surface area contributed by atoms with Gasteiger partial charge in [0.05, 0.1) is 23.7 Å². The first-order valence-electron chi connectivity index (χ1n) is 5.97. The third kappa shape index (κ3) is 2.95. The van der Waals surface area contributed by atoms with Crippen molar-refractivity contribution in [3.8, 4) is 0 Å². The van der Waals surface area contributed by atoms with Crippen molar-refractivity contribution in [2.75, 3.05) is 11.9 Å². The van der Waals surface area contributed by atoms with Crippen LogP contribution in [-0.2, 0) is 0 Å². The molecular weight excluding hydrogens is 200 g/mol. The SMILES string of the molecule is CCC(CC)N(C)c1ccc([C@H](C)O)nc1. The van der Waals surface area contributed by atoms with Gasteiger partial charge in [0.1, 0.15) is 0 Å². The van der Waals surface area contributed by atoms with Gasteiger partial charge in [-0.25, -0.2) is 0 Å². The van der Waals surface area contributed by atoms with Crippen molar-refractivity contribution in [2.24, 2.45) is 0 Å². The Morgan fingerprint density at radius 3 is 2.31 bits per heavy atom. The minimum Gasteiger partial charge on any atom is -0.387 e. The zero-order valence-electron chi connectivity index (χ0n) is 10.6. The molecule has 1 N–H and O–H groups in total. The van der Waals surface area contributed by atoms with Crippen LogP contribution in [0.4, 0.5) is 5.69 Å². The van der Waals surface area contributed by atoms with E-state index in [9.17, 15) is 5.11 Å². The Bertz CT molecular complexity index is 304. The van der Waals surface area contributed by atoms with Crippen LogP contribution in [0.25, 0.3) is 0 Å². The van der Waals surface area contributed by atoms with Crippen LogP contribution in [0.3, 0.4) is 0 Å². The molecule has 0 aromatic carbocycles. The molecule has 0 aliphatic carbocycles. The normalized spacial score (nSPS) is 12.9. The maximum Gasteiger partial charge on any atom is 0.0931 e. The Labute approximate surface area is 98.1 Å². The smallest absolute Gasteiger partial charge is 0.0931 e. The summed E-state index contributed by atoms with van der Waals surface area (Å²) in [7, 11) is 2.09. The second-order valence-corrected chi connectivity index (χ2v) is 4.20. The molecule has 3 heteroatoms.